The lowest BCUT2D eigenvalue weighted by molar-refractivity contribution is 0.154. The SMILES string of the molecule is C#CCOCc1ccccc1N. The molecule has 0 spiro atoms. The summed E-state index contributed by atoms with van der Waals surface area (Å²) in [6.45, 7) is 0.811. The number of rotatable bonds is 3. The Labute approximate surface area is 72.3 Å². The van der Waals surface area contributed by atoms with Gasteiger partial charge in [-0.1, -0.05) is 24.1 Å². The summed E-state index contributed by atoms with van der Waals surface area (Å²) in [5, 5.41) is 0. The molecule has 12 heavy (non-hydrogen) atoms. The van der Waals surface area contributed by atoms with Gasteiger partial charge in [-0.3, -0.25) is 0 Å². The highest BCUT2D eigenvalue weighted by molar-refractivity contribution is 5.45. The van der Waals surface area contributed by atoms with E-state index in [0.717, 1.165) is 11.3 Å². The van der Waals surface area contributed by atoms with Crippen molar-refractivity contribution in [3.8, 4) is 12.3 Å². The van der Waals surface area contributed by atoms with Gasteiger partial charge in [0.25, 0.3) is 0 Å². The van der Waals surface area contributed by atoms with Gasteiger partial charge in [0.05, 0.1) is 6.61 Å². The van der Waals surface area contributed by atoms with E-state index in [4.69, 9.17) is 16.9 Å². The van der Waals surface area contributed by atoms with Crippen molar-refractivity contribution in [3.63, 3.8) is 0 Å². The summed E-state index contributed by atoms with van der Waals surface area (Å²) in [6.07, 6.45) is 5.02. The van der Waals surface area contributed by atoms with Gasteiger partial charge in [-0.05, 0) is 6.07 Å². The van der Waals surface area contributed by atoms with E-state index in [-0.39, 0.29) is 0 Å². The summed E-state index contributed by atoms with van der Waals surface area (Å²) in [5.41, 5.74) is 7.40. The van der Waals surface area contributed by atoms with Gasteiger partial charge in [-0.2, -0.15) is 0 Å². The molecule has 0 saturated heterocycles. The number of para-hydroxylation sites is 1. The molecule has 2 nitrogen and oxygen atoms in total. The van der Waals surface area contributed by atoms with Gasteiger partial charge in [-0.15, -0.1) is 6.42 Å². The molecule has 0 aromatic heterocycles. The van der Waals surface area contributed by atoms with Crippen molar-refractivity contribution in [2.45, 2.75) is 6.61 Å². The Bertz CT molecular complexity index is 288. The van der Waals surface area contributed by atoms with E-state index in [1.165, 1.54) is 0 Å². The van der Waals surface area contributed by atoms with Gasteiger partial charge < -0.3 is 10.5 Å². The fraction of sp³-hybridized carbons (Fsp3) is 0.200. The van der Waals surface area contributed by atoms with E-state index in [2.05, 4.69) is 5.92 Å². The largest absolute Gasteiger partial charge is 0.398 e. The number of terminal acetylenes is 1. The molecule has 2 N–H and O–H groups in total. The Morgan fingerprint density at radius 1 is 1.42 bits per heavy atom. The fourth-order valence-electron chi connectivity index (χ4n) is 0.886. The molecule has 62 valence electrons. The molecular weight excluding hydrogens is 150 g/mol. The second kappa shape index (κ2) is 4.42. The van der Waals surface area contributed by atoms with Crippen LogP contribution in [0, 0.1) is 12.3 Å². The second-order valence-electron chi connectivity index (χ2n) is 2.40. The first kappa shape index (κ1) is 8.63. The van der Waals surface area contributed by atoms with Crippen LogP contribution < -0.4 is 5.73 Å². The molecule has 0 bridgehead atoms. The Morgan fingerprint density at radius 3 is 2.83 bits per heavy atom. The standard InChI is InChI=1S/C10H11NO/c1-2-7-12-8-9-5-3-4-6-10(9)11/h1,3-6H,7-8,11H2. The molecule has 1 rings (SSSR count). The van der Waals surface area contributed by atoms with E-state index < -0.39 is 0 Å². The second-order valence-corrected chi connectivity index (χ2v) is 2.40. The first-order valence-electron chi connectivity index (χ1n) is 3.69. The minimum Gasteiger partial charge on any atom is -0.398 e. The molecule has 0 radical (unpaired) electrons. The molecule has 0 saturated carbocycles. The van der Waals surface area contributed by atoms with Crippen LogP contribution in [0.3, 0.4) is 0 Å². The normalized spacial score (nSPS) is 9.25. The molecule has 1 aromatic carbocycles. The number of hydrogen-bond donors (Lipinski definition) is 1. The van der Waals surface area contributed by atoms with Gasteiger partial charge in [0, 0.05) is 11.3 Å². The van der Waals surface area contributed by atoms with E-state index in [1.54, 1.807) is 0 Å². The minimum atomic E-state index is 0.328. The average molecular weight is 161 g/mol. The molecule has 0 aliphatic heterocycles. The van der Waals surface area contributed by atoms with Crippen LogP contribution in [0.25, 0.3) is 0 Å². The van der Waals surface area contributed by atoms with Crippen LogP contribution >= 0.6 is 0 Å². The van der Waals surface area contributed by atoms with Crippen molar-refractivity contribution >= 4 is 5.69 Å². The maximum Gasteiger partial charge on any atom is 0.107 e. The predicted molar refractivity (Wildman–Crippen MR) is 49.3 cm³/mol. The van der Waals surface area contributed by atoms with E-state index >= 15 is 0 Å². The van der Waals surface area contributed by atoms with Crippen molar-refractivity contribution in [3.05, 3.63) is 29.8 Å². The highest BCUT2D eigenvalue weighted by Crippen LogP contribution is 2.10. The monoisotopic (exact) mass is 161 g/mol. The maximum atomic E-state index is 5.67. The lowest BCUT2D eigenvalue weighted by Gasteiger charge is -2.03. The number of nitrogen functional groups attached to an aromatic ring is 1. The van der Waals surface area contributed by atoms with Crippen molar-refractivity contribution in [2.24, 2.45) is 0 Å². The lowest BCUT2D eigenvalue weighted by Crippen LogP contribution is -1.97. The zero-order chi connectivity index (χ0) is 8.81. The Balaban J connectivity index is 2.53. The molecule has 0 unspecified atom stereocenters. The smallest absolute Gasteiger partial charge is 0.107 e. The third-order valence-corrected chi connectivity index (χ3v) is 1.50. The van der Waals surface area contributed by atoms with Crippen molar-refractivity contribution in [2.75, 3.05) is 12.3 Å². The predicted octanol–water partition coefficient (Wildman–Crippen LogP) is 1.42. The van der Waals surface area contributed by atoms with Crippen molar-refractivity contribution < 1.29 is 4.74 Å². The molecule has 0 fully saturated rings. The van der Waals surface area contributed by atoms with Crippen LogP contribution in [0.5, 0.6) is 0 Å². The lowest BCUT2D eigenvalue weighted by atomic mass is 10.2. The van der Waals surface area contributed by atoms with Crippen molar-refractivity contribution in [1.82, 2.24) is 0 Å². The quantitative estimate of drug-likeness (QED) is 0.413. The molecule has 0 aliphatic rings. The highest BCUT2D eigenvalue weighted by atomic mass is 16.5. The summed E-state index contributed by atoms with van der Waals surface area (Å²) < 4.78 is 5.13. The summed E-state index contributed by atoms with van der Waals surface area (Å²) >= 11 is 0. The molecule has 0 atom stereocenters. The highest BCUT2D eigenvalue weighted by Gasteiger charge is 1.95. The van der Waals surface area contributed by atoms with Gasteiger partial charge >= 0.3 is 0 Å². The van der Waals surface area contributed by atoms with Crippen LogP contribution in [0.4, 0.5) is 5.69 Å². The van der Waals surface area contributed by atoms with Crippen LogP contribution in [0.2, 0.25) is 0 Å². The van der Waals surface area contributed by atoms with Gasteiger partial charge in [0.1, 0.15) is 6.61 Å². The minimum absolute atomic E-state index is 0.328. The van der Waals surface area contributed by atoms with E-state index in [0.29, 0.717) is 13.2 Å². The fourth-order valence-corrected chi connectivity index (χ4v) is 0.886. The number of nitrogens with two attached hydrogens (primary N) is 1. The van der Waals surface area contributed by atoms with E-state index in [1.807, 2.05) is 24.3 Å². The summed E-state index contributed by atoms with van der Waals surface area (Å²) in [6, 6.07) is 7.57. The number of benzene rings is 1. The van der Waals surface area contributed by atoms with Crippen LogP contribution in [-0.4, -0.2) is 6.61 Å². The van der Waals surface area contributed by atoms with Gasteiger partial charge in [0.15, 0.2) is 0 Å². The zero-order valence-electron chi connectivity index (χ0n) is 6.79. The first-order chi connectivity index (χ1) is 5.84. The number of ether oxygens (including phenoxy) is 1. The molecule has 0 amide bonds. The molecular formula is C10H11NO. The number of anilines is 1. The Morgan fingerprint density at radius 2 is 2.17 bits per heavy atom. The first-order valence-corrected chi connectivity index (χ1v) is 3.69. The third-order valence-electron chi connectivity index (χ3n) is 1.50. The van der Waals surface area contributed by atoms with Gasteiger partial charge in [-0.25, -0.2) is 0 Å². The van der Waals surface area contributed by atoms with Crippen LogP contribution in [0.15, 0.2) is 24.3 Å². The van der Waals surface area contributed by atoms with Gasteiger partial charge in [0.2, 0.25) is 0 Å². The Kier molecular flexibility index (Phi) is 3.18. The van der Waals surface area contributed by atoms with E-state index in [9.17, 15) is 0 Å². The zero-order valence-corrected chi connectivity index (χ0v) is 6.79. The molecule has 2 heteroatoms. The summed E-state index contributed by atoms with van der Waals surface area (Å²) in [4.78, 5) is 0. The molecule has 1 aromatic rings. The van der Waals surface area contributed by atoms with Crippen LogP contribution in [-0.2, 0) is 11.3 Å². The molecule has 0 aliphatic carbocycles. The topological polar surface area (TPSA) is 35.2 Å². The summed E-state index contributed by atoms with van der Waals surface area (Å²) in [7, 11) is 0. The Hall–Kier alpha value is -1.46. The van der Waals surface area contributed by atoms with Crippen LogP contribution in [0.1, 0.15) is 5.56 Å². The average Bonchev–Trinajstić information content (AvgIpc) is 2.09. The third kappa shape index (κ3) is 2.30. The summed E-state index contributed by atoms with van der Waals surface area (Å²) in [5.74, 6) is 2.39. The molecule has 0 heterocycles. The van der Waals surface area contributed by atoms with Crippen molar-refractivity contribution in [1.29, 1.82) is 0 Å². The number of hydrogen-bond acceptors (Lipinski definition) is 2. The maximum absolute atomic E-state index is 5.67.